The Kier molecular flexibility index (Phi) is 2.63. The first-order valence-electron chi connectivity index (χ1n) is 6.02. The van der Waals surface area contributed by atoms with E-state index >= 15 is 0 Å². The van der Waals surface area contributed by atoms with E-state index in [1.807, 2.05) is 12.1 Å². The zero-order valence-corrected chi connectivity index (χ0v) is 10.2. The Morgan fingerprint density at radius 3 is 2.89 bits per heavy atom. The van der Waals surface area contributed by atoms with Gasteiger partial charge in [0.15, 0.2) is 5.78 Å². The lowest BCUT2D eigenvalue weighted by molar-refractivity contribution is 0.103. The van der Waals surface area contributed by atoms with Crippen molar-refractivity contribution < 1.29 is 9.53 Å². The fraction of sp³-hybridized carbons (Fsp3) is 0.286. The van der Waals surface area contributed by atoms with E-state index in [0.29, 0.717) is 17.2 Å². The van der Waals surface area contributed by atoms with Crippen molar-refractivity contribution in [2.45, 2.75) is 18.9 Å². The third-order valence-electron chi connectivity index (χ3n) is 2.89. The molecule has 0 unspecified atom stereocenters. The highest BCUT2D eigenvalue weighted by molar-refractivity contribution is 6.08. The number of aryl methyl sites for hydroxylation is 1. The van der Waals surface area contributed by atoms with Crippen molar-refractivity contribution in [3.63, 3.8) is 0 Å². The van der Waals surface area contributed by atoms with Crippen LogP contribution in [0, 0.1) is 0 Å². The number of rotatable bonds is 4. The summed E-state index contributed by atoms with van der Waals surface area (Å²) in [6.45, 7) is 0. The first-order chi connectivity index (χ1) is 8.72. The van der Waals surface area contributed by atoms with Gasteiger partial charge in [0, 0.05) is 18.8 Å². The molecule has 0 atom stereocenters. The summed E-state index contributed by atoms with van der Waals surface area (Å²) in [4.78, 5) is 12.2. The van der Waals surface area contributed by atoms with E-state index in [4.69, 9.17) is 4.74 Å². The van der Waals surface area contributed by atoms with Crippen molar-refractivity contribution in [2.75, 3.05) is 0 Å². The lowest BCUT2D eigenvalue weighted by atomic mass is 10.1. The molecule has 1 aromatic heterocycles. The molecule has 92 valence electrons. The molecule has 1 aliphatic rings. The van der Waals surface area contributed by atoms with Crippen molar-refractivity contribution in [1.82, 2.24) is 9.78 Å². The highest BCUT2D eigenvalue weighted by Crippen LogP contribution is 2.27. The summed E-state index contributed by atoms with van der Waals surface area (Å²) in [5.74, 6) is 0.747. The molecule has 0 saturated heterocycles. The van der Waals surface area contributed by atoms with Gasteiger partial charge >= 0.3 is 0 Å². The van der Waals surface area contributed by atoms with Crippen molar-refractivity contribution >= 4 is 5.78 Å². The Morgan fingerprint density at radius 2 is 2.22 bits per heavy atom. The first kappa shape index (κ1) is 11.0. The Balaban J connectivity index is 1.84. The number of nitrogens with zero attached hydrogens (tertiary/aromatic N) is 2. The van der Waals surface area contributed by atoms with Gasteiger partial charge in [-0.2, -0.15) is 5.10 Å². The SMILES string of the molecule is Cn1cc(C(=O)c2cccc(OC3CC3)c2)cn1. The summed E-state index contributed by atoms with van der Waals surface area (Å²) in [7, 11) is 1.80. The van der Waals surface area contributed by atoms with E-state index in [9.17, 15) is 4.79 Å². The van der Waals surface area contributed by atoms with Gasteiger partial charge in [-0.3, -0.25) is 9.48 Å². The highest BCUT2D eigenvalue weighted by Gasteiger charge is 2.23. The molecule has 4 nitrogen and oxygen atoms in total. The average molecular weight is 242 g/mol. The number of carbonyl (C=O) groups excluding carboxylic acids is 1. The van der Waals surface area contributed by atoms with Crippen LogP contribution in [0.25, 0.3) is 0 Å². The first-order valence-corrected chi connectivity index (χ1v) is 6.02. The predicted octanol–water partition coefficient (Wildman–Crippen LogP) is 2.19. The second-order valence-electron chi connectivity index (χ2n) is 4.58. The number of aromatic nitrogens is 2. The summed E-state index contributed by atoms with van der Waals surface area (Å²) in [6.07, 6.45) is 5.86. The molecular formula is C14H14N2O2. The van der Waals surface area contributed by atoms with Crippen LogP contribution < -0.4 is 4.74 Å². The van der Waals surface area contributed by atoms with Gasteiger partial charge in [0.25, 0.3) is 0 Å². The van der Waals surface area contributed by atoms with Crippen LogP contribution in [0.5, 0.6) is 5.75 Å². The zero-order valence-electron chi connectivity index (χ0n) is 10.2. The largest absolute Gasteiger partial charge is 0.490 e. The molecule has 0 aliphatic heterocycles. The molecule has 4 heteroatoms. The van der Waals surface area contributed by atoms with Gasteiger partial charge in [-0.05, 0) is 25.0 Å². The van der Waals surface area contributed by atoms with Gasteiger partial charge in [-0.1, -0.05) is 12.1 Å². The molecule has 1 saturated carbocycles. The molecule has 18 heavy (non-hydrogen) atoms. The molecule has 1 aromatic carbocycles. The number of benzene rings is 1. The third-order valence-corrected chi connectivity index (χ3v) is 2.89. The lowest BCUT2D eigenvalue weighted by Crippen LogP contribution is -2.02. The van der Waals surface area contributed by atoms with Gasteiger partial charge in [0.05, 0.1) is 17.9 Å². The Morgan fingerprint density at radius 1 is 1.39 bits per heavy atom. The van der Waals surface area contributed by atoms with Gasteiger partial charge in [-0.25, -0.2) is 0 Å². The summed E-state index contributed by atoms with van der Waals surface area (Å²) >= 11 is 0. The fourth-order valence-corrected chi connectivity index (χ4v) is 1.79. The molecule has 1 aliphatic carbocycles. The molecular weight excluding hydrogens is 228 g/mol. The number of ketones is 1. The van der Waals surface area contributed by atoms with Crippen molar-refractivity contribution in [3.8, 4) is 5.75 Å². The summed E-state index contributed by atoms with van der Waals surface area (Å²) in [5.41, 5.74) is 1.24. The van der Waals surface area contributed by atoms with Crippen LogP contribution in [0.4, 0.5) is 0 Å². The highest BCUT2D eigenvalue weighted by atomic mass is 16.5. The van der Waals surface area contributed by atoms with E-state index in [0.717, 1.165) is 18.6 Å². The van der Waals surface area contributed by atoms with E-state index < -0.39 is 0 Å². The minimum Gasteiger partial charge on any atom is -0.490 e. The smallest absolute Gasteiger partial charge is 0.196 e. The molecule has 0 spiro atoms. The topological polar surface area (TPSA) is 44.1 Å². The number of hydrogen-bond acceptors (Lipinski definition) is 3. The number of hydrogen-bond donors (Lipinski definition) is 0. The quantitative estimate of drug-likeness (QED) is 0.772. The van der Waals surface area contributed by atoms with Crippen LogP contribution in [-0.4, -0.2) is 21.7 Å². The molecule has 0 N–H and O–H groups in total. The van der Waals surface area contributed by atoms with Crippen LogP contribution in [0.1, 0.15) is 28.8 Å². The third kappa shape index (κ3) is 2.27. The maximum atomic E-state index is 12.2. The molecule has 0 amide bonds. The van der Waals surface area contributed by atoms with Crippen molar-refractivity contribution in [1.29, 1.82) is 0 Å². The van der Waals surface area contributed by atoms with Gasteiger partial charge in [-0.15, -0.1) is 0 Å². The molecule has 1 fully saturated rings. The van der Waals surface area contributed by atoms with E-state index in [1.165, 1.54) is 0 Å². The Bertz CT molecular complexity index is 585. The van der Waals surface area contributed by atoms with E-state index in [1.54, 1.807) is 36.3 Å². The second kappa shape index (κ2) is 4.29. The Hall–Kier alpha value is -2.10. The molecule has 3 rings (SSSR count). The fourth-order valence-electron chi connectivity index (χ4n) is 1.79. The van der Waals surface area contributed by atoms with Crippen LogP contribution in [-0.2, 0) is 7.05 Å². The monoisotopic (exact) mass is 242 g/mol. The van der Waals surface area contributed by atoms with Gasteiger partial charge < -0.3 is 4.74 Å². The predicted molar refractivity (Wildman–Crippen MR) is 66.7 cm³/mol. The second-order valence-corrected chi connectivity index (χ2v) is 4.58. The molecule has 0 bridgehead atoms. The van der Waals surface area contributed by atoms with Crippen LogP contribution in [0.3, 0.4) is 0 Å². The summed E-state index contributed by atoms with van der Waals surface area (Å²) in [6, 6.07) is 7.34. The van der Waals surface area contributed by atoms with Gasteiger partial charge in [0.2, 0.25) is 0 Å². The number of carbonyl (C=O) groups is 1. The minimum atomic E-state index is -0.0238. The lowest BCUT2D eigenvalue weighted by Gasteiger charge is -2.05. The summed E-state index contributed by atoms with van der Waals surface area (Å²) in [5, 5.41) is 4.01. The minimum absolute atomic E-state index is 0.0238. The maximum absolute atomic E-state index is 12.2. The molecule has 2 aromatic rings. The normalized spacial score (nSPS) is 14.5. The average Bonchev–Trinajstić information content (AvgIpc) is 3.08. The van der Waals surface area contributed by atoms with Gasteiger partial charge in [0.1, 0.15) is 5.75 Å². The molecule has 1 heterocycles. The van der Waals surface area contributed by atoms with Crippen molar-refractivity contribution in [3.05, 3.63) is 47.8 Å². The van der Waals surface area contributed by atoms with E-state index in [-0.39, 0.29) is 5.78 Å². The van der Waals surface area contributed by atoms with Crippen LogP contribution >= 0.6 is 0 Å². The standard InChI is InChI=1S/C14H14N2O2/c1-16-9-11(8-15-16)14(17)10-3-2-4-13(7-10)18-12-5-6-12/h2-4,7-9,12H,5-6H2,1H3. The summed E-state index contributed by atoms with van der Waals surface area (Å²) < 4.78 is 7.31. The molecule has 0 radical (unpaired) electrons. The van der Waals surface area contributed by atoms with Crippen molar-refractivity contribution in [2.24, 2.45) is 7.05 Å². The van der Waals surface area contributed by atoms with E-state index in [2.05, 4.69) is 5.10 Å². The Labute approximate surface area is 105 Å². The zero-order chi connectivity index (χ0) is 12.5. The van der Waals surface area contributed by atoms with Crippen LogP contribution in [0.15, 0.2) is 36.7 Å². The maximum Gasteiger partial charge on any atom is 0.196 e. The number of ether oxygens (including phenoxy) is 1. The van der Waals surface area contributed by atoms with Crippen LogP contribution in [0.2, 0.25) is 0 Å².